The predicted molar refractivity (Wildman–Crippen MR) is 87.1 cm³/mol. The van der Waals surface area contributed by atoms with E-state index in [0.717, 1.165) is 40.2 Å². The Bertz CT molecular complexity index is 538. The quantitative estimate of drug-likeness (QED) is 0.726. The number of halogens is 2. The molecule has 0 spiro atoms. The van der Waals surface area contributed by atoms with Crippen LogP contribution in [0.4, 0.5) is 0 Å². The lowest BCUT2D eigenvalue weighted by Gasteiger charge is -2.42. The molecule has 108 valence electrons. The van der Waals surface area contributed by atoms with Crippen LogP contribution in [-0.2, 0) is 0 Å². The lowest BCUT2D eigenvalue weighted by atomic mass is 9.62. The van der Waals surface area contributed by atoms with Crippen LogP contribution in [0.15, 0.2) is 27.1 Å². The normalized spacial score (nSPS) is 22.0. The van der Waals surface area contributed by atoms with Gasteiger partial charge in [-0.25, -0.2) is 0 Å². The third-order valence-corrected chi connectivity index (χ3v) is 6.38. The Morgan fingerprint density at radius 2 is 1.75 bits per heavy atom. The molecule has 20 heavy (non-hydrogen) atoms. The minimum atomic E-state index is -0.729. The van der Waals surface area contributed by atoms with E-state index in [2.05, 4.69) is 51.8 Å². The molecular formula is C16H19Br2NO. The Kier molecular flexibility index (Phi) is 4.63. The van der Waals surface area contributed by atoms with Gasteiger partial charge in [0.15, 0.2) is 0 Å². The number of nitriles is 1. The van der Waals surface area contributed by atoms with Crippen LogP contribution in [0.25, 0.3) is 0 Å². The first-order valence-electron chi connectivity index (χ1n) is 6.84. The van der Waals surface area contributed by atoms with E-state index >= 15 is 0 Å². The average Bonchev–Trinajstić information content (AvgIpc) is 2.42. The summed E-state index contributed by atoms with van der Waals surface area (Å²) in [5.41, 5.74) is 0.435. The maximum absolute atomic E-state index is 10.7. The Hall–Kier alpha value is -0.370. The number of nitrogens with zero attached hydrogens (tertiary/aromatic N) is 1. The van der Waals surface area contributed by atoms with Crippen LogP contribution < -0.4 is 0 Å². The summed E-state index contributed by atoms with van der Waals surface area (Å²) in [6, 6.07) is 8.10. The first kappa shape index (κ1) is 16.0. The van der Waals surface area contributed by atoms with Gasteiger partial charge in [0.25, 0.3) is 0 Å². The summed E-state index contributed by atoms with van der Waals surface area (Å²) in [6.45, 7) is 4.47. The molecule has 1 N–H and O–H groups in total. The van der Waals surface area contributed by atoms with Gasteiger partial charge in [0, 0.05) is 8.95 Å². The predicted octanol–water partition coefficient (Wildman–Crippen LogP) is 5.36. The van der Waals surface area contributed by atoms with Crippen LogP contribution in [-0.4, -0.2) is 5.11 Å². The van der Waals surface area contributed by atoms with Crippen molar-refractivity contribution in [1.82, 2.24) is 0 Å². The Morgan fingerprint density at radius 1 is 1.15 bits per heavy atom. The Balaban J connectivity index is 2.28. The molecule has 1 atom stereocenters. The van der Waals surface area contributed by atoms with E-state index < -0.39 is 11.5 Å². The average molecular weight is 401 g/mol. The van der Waals surface area contributed by atoms with E-state index in [-0.39, 0.29) is 5.41 Å². The third kappa shape index (κ3) is 3.10. The van der Waals surface area contributed by atoms with Gasteiger partial charge in [-0.2, -0.15) is 5.26 Å². The molecule has 0 saturated heterocycles. The summed E-state index contributed by atoms with van der Waals surface area (Å²) < 4.78 is 1.85. The van der Waals surface area contributed by atoms with Crippen molar-refractivity contribution in [3.05, 3.63) is 32.7 Å². The minimum absolute atomic E-state index is 0.278. The SMILES string of the molecule is CC1(C)CCC(C#N)(C(O)c2ccc(Br)c(Br)c2)CC1. The fourth-order valence-corrected chi connectivity index (χ4v) is 3.46. The van der Waals surface area contributed by atoms with Gasteiger partial charge < -0.3 is 5.11 Å². The van der Waals surface area contributed by atoms with E-state index in [4.69, 9.17) is 0 Å². The second kappa shape index (κ2) is 5.79. The summed E-state index contributed by atoms with van der Waals surface area (Å²) in [5, 5.41) is 20.4. The largest absolute Gasteiger partial charge is 0.387 e. The molecule has 1 aromatic rings. The molecule has 2 rings (SSSR count). The van der Waals surface area contributed by atoms with Crippen LogP contribution >= 0.6 is 31.9 Å². The Labute approximate surface area is 137 Å². The molecule has 0 amide bonds. The molecule has 1 aromatic carbocycles. The minimum Gasteiger partial charge on any atom is -0.387 e. The molecule has 0 heterocycles. The molecule has 4 heteroatoms. The van der Waals surface area contributed by atoms with E-state index in [1.807, 2.05) is 18.2 Å². The van der Waals surface area contributed by atoms with E-state index in [0.29, 0.717) is 0 Å². The van der Waals surface area contributed by atoms with Gasteiger partial charge in [-0.1, -0.05) is 19.9 Å². The van der Waals surface area contributed by atoms with Crippen molar-refractivity contribution in [1.29, 1.82) is 5.26 Å². The molecule has 0 radical (unpaired) electrons. The van der Waals surface area contributed by atoms with Crippen molar-refractivity contribution in [3.8, 4) is 6.07 Å². The zero-order valence-corrected chi connectivity index (χ0v) is 15.0. The van der Waals surface area contributed by atoms with Crippen molar-refractivity contribution in [2.45, 2.75) is 45.6 Å². The maximum atomic E-state index is 10.7. The van der Waals surface area contributed by atoms with Crippen molar-refractivity contribution in [2.24, 2.45) is 10.8 Å². The lowest BCUT2D eigenvalue weighted by molar-refractivity contribution is 0.00952. The fraction of sp³-hybridized carbons (Fsp3) is 0.562. The van der Waals surface area contributed by atoms with E-state index in [1.165, 1.54) is 0 Å². The van der Waals surface area contributed by atoms with Gasteiger partial charge in [0.05, 0.1) is 17.6 Å². The first-order chi connectivity index (χ1) is 9.30. The molecule has 1 fully saturated rings. The van der Waals surface area contributed by atoms with Crippen molar-refractivity contribution in [2.75, 3.05) is 0 Å². The molecule has 2 nitrogen and oxygen atoms in total. The molecule has 1 saturated carbocycles. The van der Waals surface area contributed by atoms with Crippen LogP contribution in [0.3, 0.4) is 0 Å². The van der Waals surface area contributed by atoms with Crippen molar-refractivity contribution >= 4 is 31.9 Å². The summed E-state index contributed by atoms with van der Waals surface area (Å²) in [5.74, 6) is 0. The number of aliphatic hydroxyl groups is 1. The molecular weight excluding hydrogens is 382 g/mol. The van der Waals surface area contributed by atoms with Gasteiger partial charge in [-0.05, 0) is 80.7 Å². The van der Waals surface area contributed by atoms with Crippen molar-refractivity contribution in [3.63, 3.8) is 0 Å². The highest BCUT2D eigenvalue weighted by Gasteiger charge is 2.44. The second-order valence-electron chi connectivity index (χ2n) is 6.51. The highest BCUT2D eigenvalue weighted by molar-refractivity contribution is 9.13. The first-order valence-corrected chi connectivity index (χ1v) is 8.43. The molecule has 0 aliphatic heterocycles. The third-order valence-electron chi connectivity index (χ3n) is 4.50. The molecule has 0 aromatic heterocycles. The summed E-state index contributed by atoms with van der Waals surface area (Å²) in [6.07, 6.45) is 2.74. The number of benzene rings is 1. The monoisotopic (exact) mass is 399 g/mol. The highest BCUT2D eigenvalue weighted by Crippen LogP contribution is 2.51. The van der Waals surface area contributed by atoms with Crippen LogP contribution in [0.1, 0.15) is 51.2 Å². The lowest BCUT2D eigenvalue weighted by Crippen LogP contribution is -2.35. The second-order valence-corrected chi connectivity index (χ2v) is 8.22. The number of aliphatic hydroxyl groups excluding tert-OH is 1. The number of hydrogen-bond acceptors (Lipinski definition) is 2. The van der Waals surface area contributed by atoms with Crippen molar-refractivity contribution < 1.29 is 5.11 Å². The molecule has 1 aliphatic carbocycles. The van der Waals surface area contributed by atoms with Crippen LogP contribution in [0.5, 0.6) is 0 Å². The van der Waals surface area contributed by atoms with Crippen LogP contribution in [0, 0.1) is 22.2 Å². The zero-order valence-electron chi connectivity index (χ0n) is 11.8. The van der Waals surface area contributed by atoms with Gasteiger partial charge in [0.1, 0.15) is 0 Å². The van der Waals surface area contributed by atoms with E-state index in [1.54, 1.807) is 0 Å². The summed E-state index contributed by atoms with van der Waals surface area (Å²) in [7, 11) is 0. The molecule has 1 unspecified atom stereocenters. The van der Waals surface area contributed by atoms with Gasteiger partial charge in [0.2, 0.25) is 0 Å². The standard InChI is InChI=1S/C16H19Br2NO/c1-15(2)5-7-16(10-19,8-6-15)14(20)11-3-4-12(17)13(18)9-11/h3-4,9,14,20H,5-8H2,1-2H3. The topological polar surface area (TPSA) is 44.0 Å². The summed E-state index contributed by atoms with van der Waals surface area (Å²) >= 11 is 6.88. The maximum Gasteiger partial charge on any atom is 0.0976 e. The number of hydrogen-bond donors (Lipinski definition) is 1. The molecule has 0 bridgehead atoms. The highest BCUT2D eigenvalue weighted by atomic mass is 79.9. The Morgan fingerprint density at radius 3 is 2.25 bits per heavy atom. The number of rotatable bonds is 2. The fourth-order valence-electron chi connectivity index (χ4n) is 2.82. The summed E-state index contributed by atoms with van der Waals surface area (Å²) in [4.78, 5) is 0. The van der Waals surface area contributed by atoms with Gasteiger partial charge in [-0.3, -0.25) is 0 Å². The zero-order chi connectivity index (χ0) is 15.0. The van der Waals surface area contributed by atoms with Gasteiger partial charge in [-0.15, -0.1) is 0 Å². The van der Waals surface area contributed by atoms with Crippen LogP contribution in [0.2, 0.25) is 0 Å². The van der Waals surface area contributed by atoms with Gasteiger partial charge >= 0.3 is 0 Å². The smallest absolute Gasteiger partial charge is 0.0976 e. The molecule has 1 aliphatic rings. The van der Waals surface area contributed by atoms with E-state index in [9.17, 15) is 10.4 Å².